The van der Waals surface area contributed by atoms with Crippen LogP contribution in [0.2, 0.25) is 0 Å². The lowest BCUT2D eigenvalue weighted by molar-refractivity contribution is -0.539. The van der Waals surface area contributed by atoms with Crippen molar-refractivity contribution in [2.24, 2.45) is 0 Å². The van der Waals surface area contributed by atoms with Gasteiger partial charge >= 0.3 is 0 Å². The van der Waals surface area contributed by atoms with E-state index in [1.165, 1.54) is 17.7 Å². The summed E-state index contributed by atoms with van der Waals surface area (Å²) in [6, 6.07) is 42.0. The molecule has 0 heterocycles. The van der Waals surface area contributed by atoms with E-state index < -0.39 is 10.1 Å². The summed E-state index contributed by atoms with van der Waals surface area (Å²) in [6.45, 7) is 9.74. The molecule has 53 heavy (non-hydrogen) atoms. The van der Waals surface area contributed by atoms with Crippen molar-refractivity contribution >= 4 is 38.5 Å². The van der Waals surface area contributed by atoms with E-state index in [2.05, 4.69) is 126 Å². The minimum atomic E-state index is -4.53. The molecule has 1 N–H and O–H groups in total. The number of nitrogens with one attached hydrogen (secondary N) is 1. The van der Waals surface area contributed by atoms with E-state index in [0.717, 1.165) is 69.4 Å². The molecule has 0 saturated heterocycles. The zero-order valence-corrected chi connectivity index (χ0v) is 31.2. The van der Waals surface area contributed by atoms with E-state index in [1.54, 1.807) is 6.07 Å². The summed E-state index contributed by atoms with van der Waals surface area (Å²) in [5.41, 5.74) is 10.5. The molecule has 7 nitrogen and oxygen atoms in total. The number of anilines is 3. The van der Waals surface area contributed by atoms with Gasteiger partial charge in [-0.25, -0.2) is 13.0 Å². The summed E-state index contributed by atoms with van der Waals surface area (Å²) in [6.07, 6.45) is 8.48. The van der Waals surface area contributed by atoms with Crippen LogP contribution in [0.3, 0.4) is 0 Å². The summed E-state index contributed by atoms with van der Waals surface area (Å²) < 4.78 is 42.7. The molecule has 0 amide bonds. The Hall–Kier alpha value is -5.70. The molecule has 0 spiro atoms. The van der Waals surface area contributed by atoms with Crippen molar-refractivity contribution in [3.63, 3.8) is 0 Å². The normalized spacial score (nSPS) is 12.5. The molecule has 0 radical (unpaired) electrons. The van der Waals surface area contributed by atoms with E-state index in [1.807, 2.05) is 43.3 Å². The maximum absolute atomic E-state index is 11.6. The highest BCUT2D eigenvalue weighted by Crippen LogP contribution is 2.33. The molecule has 1 aliphatic carbocycles. The first-order chi connectivity index (χ1) is 25.7. The van der Waals surface area contributed by atoms with Gasteiger partial charge in [0.25, 0.3) is 0 Å². The smallest absolute Gasteiger partial charge is 0.200 e. The number of rotatable bonds is 14. The third-order valence-electron chi connectivity index (χ3n) is 9.21. The van der Waals surface area contributed by atoms with Crippen LogP contribution in [0, 0.1) is 0 Å². The maximum Gasteiger partial charge on any atom is 0.200 e. The highest BCUT2D eigenvalue weighted by molar-refractivity contribution is 7.85. The topological polar surface area (TPSA) is 84.7 Å². The average Bonchev–Trinajstić information content (AvgIpc) is 3.18. The molecule has 5 aromatic rings. The lowest BCUT2D eigenvalue weighted by atomic mass is 9.90. The Balaban J connectivity index is 1.32. The predicted octanol–water partition coefficient (Wildman–Crippen LogP) is 9.36. The molecule has 5 aromatic carbocycles. The van der Waals surface area contributed by atoms with Crippen LogP contribution in [0.4, 0.5) is 17.1 Å². The fourth-order valence-corrected chi connectivity index (χ4v) is 7.00. The predicted molar refractivity (Wildman–Crippen MR) is 215 cm³/mol. The number of hydrogen-bond donors (Lipinski definition) is 1. The van der Waals surface area contributed by atoms with Gasteiger partial charge in [0.1, 0.15) is 22.4 Å². The molecule has 270 valence electrons. The van der Waals surface area contributed by atoms with Gasteiger partial charge in [0.15, 0.2) is 12.3 Å². The van der Waals surface area contributed by atoms with E-state index in [4.69, 9.17) is 4.74 Å². The van der Waals surface area contributed by atoms with E-state index in [9.17, 15) is 13.0 Å². The Morgan fingerprint density at radius 1 is 0.717 bits per heavy atom. The lowest BCUT2D eigenvalue weighted by Gasteiger charge is -2.24. The number of nitrogens with zero attached hydrogens (tertiary/aromatic N) is 2. The molecular weight excluding hydrogens is 679 g/mol. The molecule has 8 heteroatoms. The van der Waals surface area contributed by atoms with Gasteiger partial charge in [-0.2, -0.15) is 0 Å². The SMILES string of the molecule is CCOc1ccc(Nc2ccc(C(=C3C=CC(=[N+](CC)Cc4cccc(S(=O)(=O)[O-])c4)C=C3)c3ccc(N(CC)Cc4ccccc4)cc3)cc2)cc1. The monoisotopic (exact) mass is 723 g/mol. The van der Waals surface area contributed by atoms with Crippen molar-refractivity contribution in [1.82, 2.24) is 0 Å². The highest BCUT2D eigenvalue weighted by Gasteiger charge is 2.17. The molecule has 0 aromatic heterocycles. The first kappa shape index (κ1) is 37.1. The summed E-state index contributed by atoms with van der Waals surface area (Å²) >= 11 is 0. The Morgan fingerprint density at radius 2 is 1.32 bits per heavy atom. The van der Waals surface area contributed by atoms with Crippen molar-refractivity contribution in [3.05, 3.63) is 180 Å². The van der Waals surface area contributed by atoms with Gasteiger partial charge in [-0.05, 0) is 121 Å². The van der Waals surface area contributed by atoms with E-state index in [0.29, 0.717) is 19.7 Å². The first-order valence-corrected chi connectivity index (χ1v) is 19.4. The minimum Gasteiger partial charge on any atom is -0.744 e. The van der Waals surface area contributed by atoms with Gasteiger partial charge in [-0.3, -0.25) is 0 Å². The first-order valence-electron chi connectivity index (χ1n) is 18.0. The van der Waals surface area contributed by atoms with Crippen LogP contribution in [0.1, 0.15) is 43.0 Å². The standard InChI is InChI=1S/C45H45N3O4S/c1-4-47(32-34-11-8-7-9-12-34)41-25-17-37(18-26-41)45(36-15-21-39(22-16-36)46-40-23-29-43(30-24-40)52-6-3)38-19-27-42(28-20-38)48(5-2)33-35-13-10-14-44(31-35)53(49,50)51/h7-31H,4-6,32-33H2,1-3H3,(H,49,50,51). The number of allylic oxidation sites excluding steroid dienone is 5. The summed E-state index contributed by atoms with van der Waals surface area (Å²) in [7, 11) is -4.53. The van der Waals surface area contributed by atoms with Crippen molar-refractivity contribution < 1.29 is 22.3 Å². The van der Waals surface area contributed by atoms with Crippen molar-refractivity contribution in [3.8, 4) is 5.75 Å². The molecule has 0 bridgehead atoms. The molecule has 6 rings (SSSR count). The quantitative estimate of drug-likeness (QED) is 0.0908. The molecule has 1 aliphatic rings. The second-order valence-corrected chi connectivity index (χ2v) is 14.1. The fourth-order valence-electron chi connectivity index (χ4n) is 6.46. The Labute approximate surface area is 313 Å². The van der Waals surface area contributed by atoms with E-state index >= 15 is 0 Å². The van der Waals surface area contributed by atoms with Gasteiger partial charge < -0.3 is 19.5 Å². The second kappa shape index (κ2) is 17.2. The van der Waals surface area contributed by atoms with Gasteiger partial charge in [0.2, 0.25) is 0 Å². The molecule has 0 saturated carbocycles. The molecular formula is C45H45N3O4S. The zero-order chi connectivity index (χ0) is 37.2. The van der Waals surface area contributed by atoms with Gasteiger partial charge in [0.05, 0.1) is 11.5 Å². The minimum absolute atomic E-state index is 0.213. The molecule has 0 unspecified atom stereocenters. The zero-order valence-electron chi connectivity index (χ0n) is 30.4. The Morgan fingerprint density at radius 3 is 1.91 bits per heavy atom. The number of hydrogen-bond acceptors (Lipinski definition) is 6. The lowest BCUT2D eigenvalue weighted by Crippen LogP contribution is -2.21. The Bertz CT molecular complexity index is 2220. The average molecular weight is 724 g/mol. The third-order valence-corrected chi connectivity index (χ3v) is 10.0. The number of ether oxygens (including phenoxy) is 1. The van der Waals surface area contributed by atoms with Crippen LogP contribution in [0.25, 0.3) is 5.57 Å². The van der Waals surface area contributed by atoms with Crippen molar-refractivity contribution in [2.45, 2.75) is 38.8 Å². The fraction of sp³-hybridized carbons (Fsp3) is 0.178. The van der Waals surface area contributed by atoms with Crippen LogP contribution >= 0.6 is 0 Å². The third kappa shape index (κ3) is 9.60. The summed E-state index contributed by atoms with van der Waals surface area (Å²) in [5, 5.41) is 3.50. The maximum atomic E-state index is 11.6. The van der Waals surface area contributed by atoms with Crippen LogP contribution < -0.4 is 15.0 Å². The largest absolute Gasteiger partial charge is 0.744 e. The summed E-state index contributed by atoms with van der Waals surface area (Å²) in [4.78, 5) is 2.16. The second-order valence-electron chi connectivity index (χ2n) is 12.7. The van der Waals surface area contributed by atoms with Gasteiger partial charge in [-0.1, -0.05) is 66.7 Å². The Kier molecular flexibility index (Phi) is 12.0. The molecule has 0 aliphatic heterocycles. The van der Waals surface area contributed by atoms with Crippen LogP contribution in [-0.2, 0) is 23.2 Å². The van der Waals surface area contributed by atoms with E-state index in [-0.39, 0.29) is 4.90 Å². The van der Waals surface area contributed by atoms with Crippen LogP contribution in [0.5, 0.6) is 5.75 Å². The van der Waals surface area contributed by atoms with Gasteiger partial charge in [-0.15, -0.1) is 0 Å². The summed E-state index contributed by atoms with van der Waals surface area (Å²) in [5.74, 6) is 0.845. The van der Waals surface area contributed by atoms with Crippen molar-refractivity contribution in [2.75, 3.05) is 29.9 Å². The number of benzene rings is 5. The molecule has 0 fully saturated rings. The van der Waals surface area contributed by atoms with Crippen molar-refractivity contribution in [1.29, 1.82) is 0 Å². The van der Waals surface area contributed by atoms with Crippen LogP contribution in [0.15, 0.2) is 162 Å². The molecule has 0 atom stereocenters. The van der Waals surface area contributed by atoms with Gasteiger partial charge in [0, 0.05) is 47.9 Å². The van der Waals surface area contributed by atoms with Crippen LogP contribution in [-0.4, -0.2) is 43.0 Å². The highest BCUT2D eigenvalue weighted by atomic mass is 32.2.